The highest BCUT2D eigenvalue weighted by atomic mass is 16.5. The van der Waals surface area contributed by atoms with Gasteiger partial charge in [-0.15, -0.1) is 0 Å². The van der Waals surface area contributed by atoms with Gasteiger partial charge in [-0.1, -0.05) is 18.7 Å². The van der Waals surface area contributed by atoms with Crippen LogP contribution in [-0.4, -0.2) is 36.8 Å². The van der Waals surface area contributed by atoms with Crippen LogP contribution in [0.5, 0.6) is 11.5 Å². The van der Waals surface area contributed by atoms with Crippen LogP contribution < -0.4 is 26.0 Å². The zero-order chi connectivity index (χ0) is 21.1. The lowest BCUT2D eigenvalue weighted by molar-refractivity contribution is -0.138. The van der Waals surface area contributed by atoms with Crippen molar-refractivity contribution in [3.63, 3.8) is 0 Å². The molecule has 1 atom stereocenters. The van der Waals surface area contributed by atoms with Crippen molar-refractivity contribution in [1.29, 1.82) is 0 Å². The van der Waals surface area contributed by atoms with Gasteiger partial charge in [-0.3, -0.25) is 14.8 Å². The Labute approximate surface area is 166 Å². The summed E-state index contributed by atoms with van der Waals surface area (Å²) in [6.45, 7) is 5.23. The molecule has 9 nitrogen and oxygen atoms in total. The van der Waals surface area contributed by atoms with Crippen molar-refractivity contribution in [2.75, 3.05) is 26.1 Å². The van der Waals surface area contributed by atoms with E-state index in [9.17, 15) is 14.4 Å². The molecule has 0 amide bonds. The van der Waals surface area contributed by atoms with Crippen molar-refractivity contribution in [3.05, 3.63) is 74.1 Å². The molecule has 2 aromatic rings. The summed E-state index contributed by atoms with van der Waals surface area (Å²) >= 11 is 0. The SMILES string of the molecule is C=CCOC(=O)C1=C(C)Nc2[nH]c(=O)[nH]c(=O)c2[C@@H]1c1ccc(OC)c(OC)c1. The minimum atomic E-state index is -0.802. The van der Waals surface area contributed by atoms with E-state index in [0.29, 0.717) is 22.8 Å². The highest BCUT2D eigenvalue weighted by molar-refractivity contribution is 5.94. The van der Waals surface area contributed by atoms with E-state index in [1.165, 1.54) is 20.3 Å². The fourth-order valence-electron chi connectivity index (χ4n) is 3.33. The van der Waals surface area contributed by atoms with Crippen LogP contribution >= 0.6 is 0 Å². The van der Waals surface area contributed by atoms with Crippen LogP contribution in [-0.2, 0) is 9.53 Å². The van der Waals surface area contributed by atoms with Gasteiger partial charge in [0.05, 0.1) is 31.3 Å². The number of hydrogen-bond donors (Lipinski definition) is 3. The van der Waals surface area contributed by atoms with Crippen LogP contribution in [0.1, 0.15) is 24.0 Å². The molecule has 2 heterocycles. The summed E-state index contributed by atoms with van der Waals surface area (Å²) in [4.78, 5) is 42.0. The van der Waals surface area contributed by atoms with Gasteiger partial charge in [0.15, 0.2) is 11.5 Å². The maximum Gasteiger partial charge on any atom is 0.337 e. The number of H-pyrrole nitrogens is 2. The van der Waals surface area contributed by atoms with Crippen LogP contribution in [0.2, 0.25) is 0 Å². The molecule has 1 aromatic carbocycles. The number of methoxy groups -OCH3 is 2. The van der Waals surface area contributed by atoms with Crippen LogP contribution in [0.3, 0.4) is 0 Å². The number of aromatic amines is 2. The van der Waals surface area contributed by atoms with E-state index < -0.39 is 23.1 Å². The number of aromatic nitrogens is 2. The molecule has 1 aliphatic heterocycles. The summed E-state index contributed by atoms with van der Waals surface area (Å²) in [5.41, 5.74) is 0.202. The quantitative estimate of drug-likeness (QED) is 0.498. The lowest BCUT2D eigenvalue weighted by atomic mass is 9.82. The normalized spacial score (nSPS) is 15.2. The van der Waals surface area contributed by atoms with Crippen molar-refractivity contribution in [1.82, 2.24) is 9.97 Å². The van der Waals surface area contributed by atoms with Gasteiger partial charge in [-0.05, 0) is 24.6 Å². The number of benzene rings is 1. The van der Waals surface area contributed by atoms with Gasteiger partial charge in [-0.25, -0.2) is 9.59 Å². The van der Waals surface area contributed by atoms with Crippen molar-refractivity contribution < 1.29 is 19.0 Å². The number of carbonyl (C=O) groups excluding carboxylic acids is 1. The predicted molar refractivity (Wildman–Crippen MR) is 107 cm³/mol. The molecule has 3 rings (SSSR count). The smallest absolute Gasteiger partial charge is 0.337 e. The molecule has 0 radical (unpaired) electrons. The Hall–Kier alpha value is -3.75. The first-order valence-electron chi connectivity index (χ1n) is 8.75. The van der Waals surface area contributed by atoms with E-state index in [4.69, 9.17) is 14.2 Å². The first kappa shape index (κ1) is 20.0. The van der Waals surface area contributed by atoms with Crippen molar-refractivity contribution in [2.45, 2.75) is 12.8 Å². The lowest BCUT2D eigenvalue weighted by Crippen LogP contribution is -2.35. The van der Waals surface area contributed by atoms with E-state index in [1.807, 2.05) is 0 Å². The maximum atomic E-state index is 12.8. The second kappa shape index (κ2) is 8.09. The van der Waals surface area contributed by atoms with Crippen molar-refractivity contribution in [2.24, 2.45) is 0 Å². The van der Waals surface area contributed by atoms with Gasteiger partial charge in [0.1, 0.15) is 12.4 Å². The third kappa shape index (κ3) is 3.66. The Balaban J connectivity index is 2.26. The van der Waals surface area contributed by atoms with Crippen molar-refractivity contribution in [3.8, 4) is 11.5 Å². The molecule has 1 aromatic heterocycles. The molecule has 29 heavy (non-hydrogen) atoms. The minimum Gasteiger partial charge on any atom is -0.493 e. The number of ether oxygens (including phenoxy) is 3. The Kier molecular flexibility index (Phi) is 5.58. The standard InChI is InChI=1S/C20H21N3O6/c1-5-8-29-19(25)14-10(2)21-17-16(18(24)23-20(26)22-17)15(14)11-6-7-12(27-3)13(9-11)28-4/h5-7,9,15H,1,8H2,2-4H3,(H3,21,22,23,24,26)/t15-/m1/s1. The third-order valence-corrected chi connectivity index (χ3v) is 4.57. The van der Waals surface area contributed by atoms with Crippen molar-refractivity contribution >= 4 is 11.8 Å². The zero-order valence-electron chi connectivity index (χ0n) is 16.3. The van der Waals surface area contributed by atoms with Crippen LogP contribution in [0.25, 0.3) is 0 Å². The molecule has 0 bridgehead atoms. The molecule has 3 N–H and O–H groups in total. The number of nitrogens with one attached hydrogen (secondary N) is 3. The predicted octanol–water partition coefficient (Wildman–Crippen LogP) is 1.64. The van der Waals surface area contributed by atoms with Gasteiger partial charge in [-0.2, -0.15) is 0 Å². The molecule has 0 unspecified atom stereocenters. The summed E-state index contributed by atoms with van der Waals surface area (Å²) in [7, 11) is 3.00. The molecule has 0 saturated heterocycles. The van der Waals surface area contributed by atoms with E-state index in [0.717, 1.165) is 0 Å². The number of hydrogen-bond acceptors (Lipinski definition) is 7. The second-order valence-corrected chi connectivity index (χ2v) is 6.30. The van der Waals surface area contributed by atoms with Gasteiger partial charge in [0.2, 0.25) is 0 Å². The number of carbonyl (C=O) groups is 1. The topological polar surface area (TPSA) is 123 Å². The number of esters is 1. The van der Waals surface area contributed by atoms with E-state index in [1.54, 1.807) is 25.1 Å². The Bertz CT molecular complexity index is 1110. The fourth-order valence-corrected chi connectivity index (χ4v) is 3.33. The first-order valence-corrected chi connectivity index (χ1v) is 8.75. The number of anilines is 1. The molecule has 1 aliphatic rings. The summed E-state index contributed by atoms with van der Waals surface area (Å²) in [5, 5.41) is 2.92. The van der Waals surface area contributed by atoms with E-state index in [-0.39, 0.29) is 23.6 Å². The lowest BCUT2D eigenvalue weighted by Gasteiger charge is -2.29. The maximum absolute atomic E-state index is 12.8. The largest absolute Gasteiger partial charge is 0.493 e. The molecule has 0 fully saturated rings. The van der Waals surface area contributed by atoms with Gasteiger partial charge < -0.3 is 19.5 Å². The van der Waals surface area contributed by atoms with Gasteiger partial charge in [0.25, 0.3) is 5.56 Å². The van der Waals surface area contributed by atoms with E-state index >= 15 is 0 Å². The van der Waals surface area contributed by atoms with Crippen LogP contribution in [0.15, 0.2) is 51.7 Å². The van der Waals surface area contributed by atoms with Crippen LogP contribution in [0, 0.1) is 0 Å². The molecule has 152 valence electrons. The molecule has 0 aliphatic carbocycles. The number of fused-ring (bicyclic) bond motifs is 1. The zero-order valence-corrected chi connectivity index (χ0v) is 16.3. The molecule has 9 heteroatoms. The van der Waals surface area contributed by atoms with E-state index in [2.05, 4.69) is 21.9 Å². The first-order chi connectivity index (χ1) is 13.9. The number of rotatable bonds is 6. The van der Waals surface area contributed by atoms with Gasteiger partial charge in [0, 0.05) is 5.70 Å². The third-order valence-electron chi connectivity index (χ3n) is 4.57. The highest BCUT2D eigenvalue weighted by Gasteiger charge is 2.36. The molecule has 0 spiro atoms. The monoisotopic (exact) mass is 399 g/mol. The second-order valence-electron chi connectivity index (χ2n) is 6.30. The average Bonchev–Trinajstić information content (AvgIpc) is 2.70. The fraction of sp³-hybridized carbons (Fsp3) is 0.250. The number of allylic oxidation sites excluding steroid dienone is 1. The van der Waals surface area contributed by atoms with Gasteiger partial charge >= 0.3 is 11.7 Å². The Morgan fingerprint density at radius 3 is 2.55 bits per heavy atom. The Morgan fingerprint density at radius 2 is 1.90 bits per heavy atom. The molecular formula is C20H21N3O6. The Morgan fingerprint density at radius 1 is 1.17 bits per heavy atom. The van der Waals surface area contributed by atoms with Crippen LogP contribution in [0.4, 0.5) is 5.82 Å². The summed E-state index contributed by atoms with van der Waals surface area (Å²) < 4.78 is 15.9. The average molecular weight is 399 g/mol. The highest BCUT2D eigenvalue weighted by Crippen LogP contribution is 2.41. The minimum absolute atomic E-state index is 0.0170. The molecular weight excluding hydrogens is 378 g/mol. The molecule has 0 saturated carbocycles. The summed E-state index contributed by atoms with van der Waals surface area (Å²) in [5.74, 6) is -0.258. The summed E-state index contributed by atoms with van der Waals surface area (Å²) in [6, 6.07) is 5.08. The summed E-state index contributed by atoms with van der Waals surface area (Å²) in [6.07, 6.45) is 1.45.